The minimum atomic E-state index is -2.91. The summed E-state index contributed by atoms with van der Waals surface area (Å²) in [6, 6.07) is 15.1. The van der Waals surface area contributed by atoms with Gasteiger partial charge < -0.3 is 14.4 Å². The highest BCUT2D eigenvalue weighted by Gasteiger charge is 2.28. The van der Waals surface area contributed by atoms with Gasteiger partial charge in [0.25, 0.3) is 0 Å². The zero-order valence-electron chi connectivity index (χ0n) is 19.0. The van der Waals surface area contributed by atoms with Gasteiger partial charge in [-0.2, -0.15) is 8.78 Å². The van der Waals surface area contributed by atoms with Crippen molar-refractivity contribution in [2.45, 2.75) is 45.4 Å². The second kappa shape index (κ2) is 11.3. The number of halogens is 2. The first-order chi connectivity index (χ1) is 15.4. The second-order valence-corrected chi connectivity index (χ2v) is 8.41. The Morgan fingerprint density at radius 2 is 1.78 bits per heavy atom. The van der Waals surface area contributed by atoms with Crippen LogP contribution in [0.3, 0.4) is 0 Å². The zero-order valence-corrected chi connectivity index (χ0v) is 19.0. The predicted molar refractivity (Wildman–Crippen MR) is 120 cm³/mol. The molecule has 1 saturated heterocycles. The number of hydrogen-bond donors (Lipinski definition) is 0. The standard InChI is InChI=1S/C25H32F2N2O3/c1-18(28(2)17-21-9-10-22(32-25(26)27)23(16-21)31-3)24(30)29-13-11-20(12-14-29)15-19-7-5-4-6-8-19/h4-10,16,18,20,25H,11-15,17H2,1-3H3. The summed E-state index contributed by atoms with van der Waals surface area (Å²) in [4.78, 5) is 17.0. The van der Waals surface area contributed by atoms with Crippen LogP contribution in [0.4, 0.5) is 8.78 Å². The van der Waals surface area contributed by atoms with Crippen molar-refractivity contribution in [2.75, 3.05) is 27.2 Å². The molecular formula is C25H32F2N2O3. The molecule has 1 fully saturated rings. The zero-order chi connectivity index (χ0) is 23.1. The highest BCUT2D eigenvalue weighted by Crippen LogP contribution is 2.30. The van der Waals surface area contributed by atoms with Crippen molar-refractivity contribution in [3.63, 3.8) is 0 Å². The lowest BCUT2D eigenvalue weighted by Crippen LogP contribution is -2.48. The highest BCUT2D eigenvalue weighted by atomic mass is 19.3. The summed E-state index contributed by atoms with van der Waals surface area (Å²) in [5.41, 5.74) is 2.21. The number of ether oxygens (including phenoxy) is 2. The first-order valence-corrected chi connectivity index (χ1v) is 11.0. The number of alkyl halides is 2. The first-order valence-electron chi connectivity index (χ1n) is 11.0. The van der Waals surface area contributed by atoms with Gasteiger partial charge in [-0.1, -0.05) is 36.4 Å². The fraction of sp³-hybridized carbons (Fsp3) is 0.480. The van der Waals surface area contributed by atoms with Gasteiger partial charge >= 0.3 is 6.61 Å². The van der Waals surface area contributed by atoms with Gasteiger partial charge in [-0.25, -0.2) is 0 Å². The van der Waals surface area contributed by atoms with Gasteiger partial charge in [0.1, 0.15) is 0 Å². The summed E-state index contributed by atoms with van der Waals surface area (Å²) in [6.07, 6.45) is 3.09. The van der Waals surface area contributed by atoms with E-state index in [0.29, 0.717) is 12.5 Å². The fourth-order valence-corrected chi connectivity index (χ4v) is 4.19. The van der Waals surface area contributed by atoms with E-state index in [0.717, 1.165) is 37.9 Å². The predicted octanol–water partition coefficient (Wildman–Crippen LogP) is 4.60. The van der Waals surface area contributed by atoms with Gasteiger partial charge in [-0.15, -0.1) is 0 Å². The van der Waals surface area contributed by atoms with Crippen LogP contribution in [0.1, 0.15) is 30.9 Å². The maximum atomic E-state index is 13.0. The van der Waals surface area contributed by atoms with Gasteiger partial charge in [0.15, 0.2) is 11.5 Å². The Balaban J connectivity index is 1.52. The summed E-state index contributed by atoms with van der Waals surface area (Å²) < 4.78 is 34.7. The normalized spacial score (nSPS) is 15.8. The molecule has 1 aliphatic heterocycles. The summed E-state index contributed by atoms with van der Waals surface area (Å²) >= 11 is 0. The molecule has 5 nitrogen and oxygen atoms in total. The molecule has 3 rings (SSSR count). The van der Waals surface area contributed by atoms with Crippen molar-refractivity contribution in [3.05, 3.63) is 59.7 Å². The van der Waals surface area contributed by atoms with Crippen LogP contribution >= 0.6 is 0 Å². The van der Waals surface area contributed by atoms with E-state index < -0.39 is 6.61 Å². The Labute approximate surface area is 188 Å². The molecule has 1 unspecified atom stereocenters. The van der Waals surface area contributed by atoms with Crippen molar-refractivity contribution in [1.82, 2.24) is 9.80 Å². The summed E-state index contributed by atoms with van der Waals surface area (Å²) in [6.45, 7) is 1.04. The molecule has 0 N–H and O–H groups in total. The highest BCUT2D eigenvalue weighted by molar-refractivity contribution is 5.81. The van der Waals surface area contributed by atoms with Crippen molar-refractivity contribution in [1.29, 1.82) is 0 Å². The van der Waals surface area contributed by atoms with Crippen LogP contribution in [0.5, 0.6) is 11.5 Å². The van der Waals surface area contributed by atoms with Gasteiger partial charge in [-0.3, -0.25) is 9.69 Å². The lowest BCUT2D eigenvalue weighted by atomic mass is 9.90. The van der Waals surface area contributed by atoms with E-state index in [2.05, 4.69) is 29.0 Å². The number of likely N-dealkylation sites (tertiary alicyclic amines) is 1. The summed E-state index contributed by atoms with van der Waals surface area (Å²) in [7, 11) is 3.30. The monoisotopic (exact) mass is 446 g/mol. The van der Waals surface area contributed by atoms with Gasteiger partial charge in [0.05, 0.1) is 13.2 Å². The number of piperidine rings is 1. The molecule has 1 heterocycles. The minimum absolute atomic E-state index is 0.00333. The average Bonchev–Trinajstić information content (AvgIpc) is 2.80. The molecule has 0 spiro atoms. The van der Waals surface area contributed by atoms with Crippen LogP contribution in [0, 0.1) is 5.92 Å². The Morgan fingerprint density at radius 3 is 2.41 bits per heavy atom. The van der Waals surface area contributed by atoms with Gasteiger partial charge in [-0.05, 0) is 62.4 Å². The molecule has 2 aromatic rings. The molecule has 1 aliphatic rings. The third-order valence-corrected chi connectivity index (χ3v) is 6.19. The van der Waals surface area contributed by atoms with E-state index in [1.807, 2.05) is 29.8 Å². The molecule has 32 heavy (non-hydrogen) atoms. The van der Waals surface area contributed by atoms with Crippen LogP contribution in [0.25, 0.3) is 0 Å². The molecule has 1 atom stereocenters. The third kappa shape index (κ3) is 6.42. The van der Waals surface area contributed by atoms with E-state index in [1.165, 1.54) is 18.7 Å². The van der Waals surface area contributed by atoms with E-state index in [9.17, 15) is 13.6 Å². The van der Waals surface area contributed by atoms with Crippen molar-refractivity contribution >= 4 is 5.91 Å². The quantitative estimate of drug-likeness (QED) is 0.565. The minimum Gasteiger partial charge on any atom is -0.493 e. The largest absolute Gasteiger partial charge is 0.493 e. The number of amides is 1. The Kier molecular flexibility index (Phi) is 8.45. The molecule has 0 saturated carbocycles. The van der Waals surface area contributed by atoms with Crippen molar-refractivity contribution in [3.8, 4) is 11.5 Å². The number of methoxy groups -OCH3 is 1. The number of rotatable bonds is 9. The maximum Gasteiger partial charge on any atom is 0.387 e. The van der Waals surface area contributed by atoms with Crippen LogP contribution in [0.15, 0.2) is 48.5 Å². The molecule has 0 bridgehead atoms. The van der Waals surface area contributed by atoms with E-state index >= 15 is 0 Å². The number of hydrogen-bond acceptors (Lipinski definition) is 4. The van der Waals surface area contributed by atoms with Crippen molar-refractivity contribution in [2.24, 2.45) is 5.92 Å². The number of likely N-dealkylation sites (N-methyl/N-ethyl adjacent to an activating group) is 1. The first kappa shape index (κ1) is 24.0. The van der Waals surface area contributed by atoms with Crippen molar-refractivity contribution < 1.29 is 23.0 Å². The van der Waals surface area contributed by atoms with Crippen LogP contribution in [-0.4, -0.2) is 55.6 Å². The lowest BCUT2D eigenvalue weighted by molar-refractivity contribution is -0.137. The fourth-order valence-electron chi connectivity index (χ4n) is 4.19. The third-order valence-electron chi connectivity index (χ3n) is 6.19. The Hall–Kier alpha value is -2.67. The molecular weight excluding hydrogens is 414 g/mol. The van der Waals surface area contributed by atoms with Gasteiger partial charge in [0.2, 0.25) is 5.91 Å². The molecule has 0 radical (unpaired) electrons. The second-order valence-electron chi connectivity index (χ2n) is 8.41. The summed E-state index contributed by atoms with van der Waals surface area (Å²) in [5, 5.41) is 0. The summed E-state index contributed by atoms with van der Waals surface area (Å²) in [5.74, 6) is 0.971. The molecule has 1 amide bonds. The maximum absolute atomic E-state index is 13.0. The lowest BCUT2D eigenvalue weighted by Gasteiger charge is -2.35. The molecule has 0 aromatic heterocycles. The average molecular weight is 447 g/mol. The Morgan fingerprint density at radius 1 is 1.09 bits per heavy atom. The molecule has 2 aromatic carbocycles. The van der Waals surface area contributed by atoms with Crippen LogP contribution in [-0.2, 0) is 17.8 Å². The number of carbonyl (C=O) groups is 1. The number of carbonyl (C=O) groups excluding carboxylic acids is 1. The molecule has 7 heteroatoms. The smallest absolute Gasteiger partial charge is 0.387 e. The molecule has 0 aliphatic carbocycles. The van der Waals surface area contributed by atoms with E-state index in [-0.39, 0.29) is 23.4 Å². The Bertz CT molecular complexity index is 871. The SMILES string of the molecule is COc1cc(CN(C)C(C)C(=O)N2CCC(Cc3ccccc3)CC2)ccc1OC(F)F. The van der Waals surface area contributed by atoms with Crippen LogP contribution < -0.4 is 9.47 Å². The van der Waals surface area contributed by atoms with Gasteiger partial charge in [0, 0.05) is 19.6 Å². The van der Waals surface area contributed by atoms with E-state index in [4.69, 9.17) is 4.74 Å². The van der Waals surface area contributed by atoms with Crippen LogP contribution in [0.2, 0.25) is 0 Å². The molecule has 174 valence electrons. The van der Waals surface area contributed by atoms with E-state index in [1.54, 1.807) is 12.1 Å². The number of nitrogens with zero attached hydrogens (tertiary/aromatic N) is 2. The topological polar surface area (TPSA) is 42.0 Å². The number of benzene rings is 2.